The molecule has 1 aliphatic heterocycles. The Labute approximate surface area is 168 Å². The van der Waals surface area contributed by atoms with Gasteiger partial charge < -0.3 is 14.9 Å². The number of amides is 1. The molecule has 3 heterocycles. The maximum Gasteiger partial charge on any atom is 0.490 e. The van der Waals surface area contributed by atoms with Gasteiger partial charge in [-0.3, -0.25) is 19.1 Å². The Morgan fingerprint density at radius 1 is 1.33 bits per heavy atom. The molecule has 2 aromatic rings. The number of carbonyl (C=O) groups is 2. The topological polar surface area (TPSA) is 131 Å². The van der Waals surface area contributed by atoms with Crippen molar-refractivity contribution in [3.8, 4) is 0 Å². The fourth-order valence-electron chi connectivity index (χ4n) is 2.66. The van der Waals surface area contributed by atoms with Crippen LogP contribution in [-0.2, 0) is 24.4 Å². The van der Waals surface area contributed by atoms with Crippen molar-refractivity contribution in [3.63, 3.8) is 0 Å². The summed E-state index contributed by atoms with van der Waals surface area (Å²) < 4.78 is 38.3. The molecule has 10 nitrogen and oxygen atoms in total. The van der Waals surface area contributed by atoms with Crippen LogP contribution in [0.25, 0.3) is 0 Å². The normalized spacial score (nSPS) is 14.2. The van der Waals surface area contributed by atoms with Gasteiger partial charge >= 0.3 is 12.1 Å². The van der Waals surface area contributed by atoms with Crippen LogP contribution in [-0.4, -0.2) is 56.4 Å². The van der Waals surface area contributed by atoms with Crippen molar-refractivity contribution >= 4 is 11.9 Å². The maximum absolute atomic E-state index is 12.2. The van der Waals surface area contributed by atoms with Crippen molar-refractivity contribution in [2.75, 3.05) is 13.6 Å². The summed E-state index contributed by atoms with van der Waals surface area (Å²) in [7, 11) is 2.00. The standard InChI is InChI=1S/C15H19N5O3.C2HF3O2/c1-10-12(8-17-23-10)15(22)16-7-11-6-14(21)20-5-3-4-19(2)9-13(20)18-11;3-2(4,5)1(6)7/h6,8H,3-5,7,9H2,1-2H3,(H,16,22);(H,6,7). The first-order valence-electron chi connectivity index (χ1n) is 8.76. The SMILES string of the molecule is Cc1oncc1C(=O)NCc1cc(=O)n2c(n1)CN(C)CCC2.O=C(O)C(F)(F)F. The molecule has 0 fully saturated rings. The molecule has 2 aromatic heterocycles. The van der Waals surface area contributed by atoms with E-state index in [4.69, 9.17) is 14.4 Å². The van der Waals surface area contributed by atoms with Crippen LogP contribution in [0.15, 0.2) is 21.6 Å². The summed E-state index contributed by atoms with van der Waals surface area (Å²) in [6.07, 6.45) is -2.78. The molecule has 0 unspecified atom stereocenters. The van der Waals surface area contributed by atoms with Crippen molar-refractivity contribution in [1.29, 1.82) is 0 Å². The molecule has 0 saturated carbocycles. The van der Waals surface area contributed by atoms with Gasteiger partial charge in [-0.25, -0.2) is 9.78 Å². The fraction of sp³-hybridized carbons (Fsp3) is 0.471. The molecular formula is C17H20F3N5O5. The Morgan fingerprint density at radius 3 is 2.57 bits per heavy atom. The number of nitrogens with zero attached hydrogens (tertiary/aromatic N) is 4. The van der Waals surface area contributed by atoms with Gasteiger partial charge in [0, 0.05) is 19.2 Å². The second kappa shape index (κ2) is 9.52. The third-order valence-corrected chi connectivity index (χ3v) is 4.14. The van der Waals surface area contributed by atoms with Crippen LogP contribution in [0.2, 0.25) is 0 Å². The molecule has 0 atom stereocenters. The first kappa shape index (κ1) is 23.1. The van der Waals surface area contributed by atoms with Crippen LogP contribution in [0.1, 0.15) is 34.1 Å². The number of aromatic nitrogens is 3. The van der Waals surface area contributed by atoms with E-state index >= 15 is 0 Å². The number of nitrogens with one attached hydrogen (secondary N) is 1. The number of hydrogen-bond donors (Lipinski definition) is 2. The van der Waals surface area contributed by atoms with E-state index in [1.54, 1.807) is 11.5 Å². The number of fused-ring (bicyclic) bond motifs is 1. The molecule has 0 saturated heterocycles. The molecular weight excluding hydrogens is 411 g/mol. The van der Waals surface area contributed by atoms with E-state index in [2.05, 4.69) is 20.4 Å². The van der Waals surface area contributed by atoms with E-state index in [0.29, 0.717) is 30.1 Å². The number of aliphatic carboxylic acids is 1. The van der Waals surface area contributed by atoms with Crippen LogP contribution in [0.4, 0.5) is 13.2 Å². The Kier molecular flexibility index (Phi) is 7.32. The summed E-state index contributed by atoms with van der Waals surface area (Å²) in [5, 5.41) is 13.4. The average molecular weight is 431 g/mol. The highest BCUT2D eigenvalue weighted by Crippen LogP contribution is 2.13. The molecule has 0 aliphatic carbocycles. The van der Waals surface area contributed by atoms with Gasteiger partial charge in [-0.15, -0.1) is 0 Å². The average Bonchev–Trinajstić information content (AvgIpc) is 2.97. The summed E-state index contributed by atoms with van der Waals surface area (Å²) >= 11 is 0. The van der Waals surface area contributed by atoms with Crippen LogP contribution < -0.4 is 10.9 Å². The van der Waals surface area contributed by atoms with Gasteiger partial charge in [-0.2, -0.15) is 13.2 Å². The fourth-order valence-corrected chi connectivity index (χ4v) is 2.66. The lowest BCUT2D eigenvalue weighted by molar-refractivity contribution is -0.192. The minimum Gasteiger partial charge on any atom is -0.475 e. The zero-order valence-corrected chi connectivity index (χ0v) is 16.2. The van der Waals surface area contributed by atoms with Crippen molar-refractivity contribution in [2.45, 2.75) is 39.2 Å². The van der Waals surface area contributed by atoms with Crippen molar-refractivity contribution in [1.82, 2.24) is 24.9 Å². The van der Waals surface area contributed by atoms with Gasteiger partial charge in [0.2, 0.25) is 0 Å². The number of hydrogen-bond acceptors (Lipinski definition) is 7. The molecule has 1 amide bonds. The quantitative estimate of drug-likeness (QED) is 0.734. The molecule has 164 valence electrons. The monoisotopic (exact) mass is 431 g/mol. The van der Waals surface area contributed by atoms with E-state index in [-0.39, 0.29) is 18.0 Å². The lowest BCUT2D eigenvalue weighted by Gasteiger charge is -2.13. The van der Waals surface area contributed by atoms with Gasteiger partial charge in [0.15, 0.2) is 0 Å². The number of aryl methyl sites for hydroxylation is 1. The van der Waals surface area contributed by atoms with Crippen LogP contribution >= 0.6 is 0 Å². The van der Waals surface area contributed by atoms with E-state index in [9.17, 15) is 22.8 Å². The van der Waals surface area contributed by atoms with Crippen LogP contribution in [0.5, 0.6) is 0 Å². The molecule has 30 heavy (non-hydrogen) atoms. The van der Waals surface area contributed by atoms with Crippen molar-refractivity contribution in [2.24, 2.45) is 0 Å². The first-order valence-corrected chi connectivity index (χ1v) is 8.76. The highest BCUT2D eigenvalue weighted by Gasteiger charge is 2.38. The lowest BCUT2D eigenvalue weighted by Crippen LogP contribution is -2.29. The number of rotatable bonds is 3. The number of carbonyl (C=O) groups excluding carboxylic acids is 1. The Hall–Kier alpha value is -3.22. The zero-order valence-electron chi connectivity index (χ0n) is 16.2. The van der Waals surface area contributed by atoms with Gasteiger partial charge in [0.25, 0.3) is 11.5 Å². The van der Waals surface area contributed by atoms with Crippen molar-refractivity contribution < 1.29 is 32.4 Å². The molecule has 1 aliphatic rings. The zero-order chi connectivity index (χ0) is 22.5. The van der Waals surface area contributed by atoms with Gasteiger partial charge in [0.05, 0.1) is 25.0 Å². The molecule has 0 aromatic carbocycles. The number of carboxylic acids is 1. The largest absolute Gasteiger partial charge is 0.490 e. The second-order valence-electron chi connectivity index (χ2n) is 6.53. The second-order valence-corrected chi connectivity index (χ2v) is 6.53. The summed E-state index contributed by atoms with van der Waals surface area (Å²) in [5.41, 5.74) is 0.867. The van der Waals surface area contributed by atoms with E-state index in [1.165, 1.54) is 12.3 Å². The Morgan fingerprint density at radius 2 is 2.00 bits per heavy atom. The third kappa shape index (κ3) is 6.14. The highest BCUT2D eigenvalue weighted by atomic mass is 19.4. The third-order valence-electron chi connectivity index (χ3n) is 4.14. The molecule has 0 spiro atoms. The minimum absolute atomic E-state index is 0.0734. The number of halogens is 3. The van der Waals surface area contributed by atoms with Crippen LogP contribution in [0.3, 0.4) is 0 Å². The van der Waals surface area contributed by atoms with Gasteiger partial charge in [-0.05, 0) is 20.4 Å². The highest BCUT2D eigenvalue weighted by molar-refractivity contribution is 5.94. The lowest BCUT2D eigenvalue weighted by atomic mass is 10.2. The summed E-state index contributed by atoms with van der Waals surface area (Å²) in [5.74, 6) is -1.85. The molecule has 0 bridgehead atoms. The smallest absolute Gasteiger partial charge is 0.475 e. The molecule has 0 radical (unpaired) electrons. The van der Waals surface area contributed by atoms with Gasteiger partial charge in [0.1, 0.15) is 17.1 Å². The number of alkyl halides is 3. The minimum atomic E-state index is -5.08. The molecule has 3 rings (SSSR count). The van der Waals surface area contributed by atoms with E-state index in [1.807, 2.05) is 7.05 Å². The number of carboxylic acid groups (broad SMARTS) is 1. The first-order chi connectivity index (χ1) is 14.0. The molecule has 13 heteroatoms. The maximum atomic E-state index is 12.2. The van der Waals surface area contributed by atoms with E-state index in [0.717, 1.165) is 18.8 Å². The predicted octanol–water partition coefficient (Wildman–Crippen LogP) is 0.939. The Balaban J connectivity index is 0.000000396. The predicted molar refractivity (Wildman–Crippen MR) is 95.5 cm³/mol. The molecule has 2 N–H and O–H groups in total. The van der Waals surface area contributed by atoms with Crippen LogP contribution in [0, 0.1) is 6.92 Å². The summed E-state index contributed by atoms with van der Waals surface area (Å²) in [6, 6.07) is 1.48. The van der Waals surface area contributed by atoms with E-state index < -0.39 is 12.1 Å². The summed E-state index contributed by atoms with van der Waals surface area (Å²) in [4.78, 5) is 39.8. The Bertz CT molecular complexity index is 969. The van der Waals surface area contributed by atoms with Gasteiger partial charge in [-0.1, -0.05) is 5.16 Å². The van der Waals surface area contributed by atoms with Crippen molar-refractivity contribution in [3.05, 3.63) is 45.5 Å². The summed E-state index contributed by atoms with van der Waals surface area (Å²) in [6.45, 7) is 4.10.